The summed E-state index contributed by atoms with van der Waals surface area (Å²) in [5.74, 6) is 0.354. The van der Waals surface area contributed by atoms with Crippen LogP contribution in [0.1, 0.15) is 39.0 Å². The van der Waals surface area contributed by atoms with E-state index >= 15 is 0 Å². The van der Waals surface area contributed by atoms with E-state index in [0.717, 1.165) is 19.5 Å². The van der Waals surface area contributed by atoms with Gasteiger partial charge in [-0.05, 0) is 57.0 Å². The Morgan fingerprint density at radius 1 is 1.38 bits per heavy atom. The number of likely N-dealkylation sites (tertiary alicyclic amines) is 1. The quantitative estimate of drug-likeness (QED) is 0.657. The number of benzene rings is 1. The van der Waals surface area contributed by atoms with Crippen molar-refractivity contribution < 1.29 is 13.2 Å². The molecule has 0 bridgehead atoms. The van der Waals surface area contributed by atoms with Crippen molar-refractivity contribution in [2.45, 2.75) is 50.0 Å². The number of piperidine rings is 1. The van der Waals surface area contributed by atoms with Crippen molar-refractivity contribution in [3.63, 3.8) is 0 Å². The first-order chi connectivity index (χ1) is 11.5. The van der Waals surface area contributed by atoms with Crippen molar-refractivity contribution in [3.8, 4) is 5.75 Å². The fraction of sp³-hybridized carbons (Fsp3) is 0.647. The predicted octanol–water partition coefficient (Wildman–Crippen LogP) is 3.39. The molecule has 136 valence electrons. The number of halogens is 1. The Balaban J connectivity index is 1.90. The molecule has 0 amide bonds. The summed E-state index contributed by atoms with van der Waals surface area (Å²) in [4.78, 5) is 2.67. The van der Waals surface area contributed by atoms with E-state index in [0.29, 0.717) is 22.8 Å². The maximum Gasteiger partial charge on any atom is 0.244 e. The van der Waals surface area contributed by atoms with Crippen LogP contribution in [0.25, 0.3) is 0 Å². The second kappa shape index (κ2) is 9.17. The molecule has 0 radical (unpaired) electrons. The molecule has 0 saturated carbocycles. The largest absolute Gasteiger partial charge is 0.495 e. The molecule has 1 fully saturated rings. The Hall–Kier alpha value is -0.630. The maximum absolute atomic E-state index is 12.5. The Kier molecular flexibility index (Phi) is 7.53. The Labute approximate surface area is 153 Å². The molecular formula is C17H27BrN2O3S. The van der Waals surface area contributed by atoms with Crippen LogP contribution in [0, 0.1) is 0 Å². The van der Waals surface area contributed by atoms with Crippen LogP contribution in [0.5, 0.6) is 5.75 Å². The van der Waals surface area contributed by atoms with Gasteiger partial charge in [-0.1, -0.05) is 29.3 Å². The average molecular weight is 419 g/mol. The number of nitrogens with one attached hydrogen (secondary N) is 1. The summed E-state index contributed by atoms with van der Waals surface area (Å²) in [5.41, 5.74) is 0. The van der Waals surface area contributed by atoms with Gasteiger partial charge >= 0.3 is 0 Å². The maximum atomic E-state index is 12.5. The molecule has 1 aromatic carbocycles. The average Bonchev–Trinajstić information content (AvgIpc) is 2.59. The Morgan fingerprint density at radius 2 is 2.17 bits per heavy atom. The number of hydrogen-bond acceptors (Lipinski definition) is 4. The van der Waals surface area contributed by atoms with Gasteiger partial charge in [-0.15, -0.1) is 0 Å². The van der Waals surface area contributed by atoms with Crippen molar-refractivity contribution in [1.82, 2.24) is 9.62 Å². The van der Waals surface area contributed by atoms with Crippen LogP contribution in [0.2, 0.25) is 0 Å². The first kappa shape index (κ1) is 19.7. The van der Waals surface area contributed by atoms with Crippen molar-refractivity contribution in [1.29, 1.82) is 0 Å². The van der Waals surface area contributed by atoms with Gasteiger partial charge in [0.1, 0.15) is 10.6 Å². The highest BCUT2D eigenvalue weighted by Gasteiger charge is 2.22. The van der Waals surface area contributed by atoms with Gasteiger partial charge in [0.15, 0.2) is 0 Å². The van der Waals surface area contributed by atoms with Crippen LogP contribution in [-0.2, 0) is 10.0 Å². The van der Waals surface area contributed by atoms with Crippen molar-refractivity contribution in [2.75, 3.05) is 26.7 Å². The second-order valence-electron chi connectivity index (χ2n) is 6.14. The summed E-state index contributed by atoms with van der Waals surface area (Å²) in [6, 6.07) is 5.64. The molecule has 7 heteroatoms. The molecule has 0 aliphatic carbocycles. The highest BCUT2D eigenvalue weighted by atomic mass is 79.9. The molecule has 1 aliphatic heterocycles. The second-order valence-corrected chi connectivity index (χ2v) is 8.79. The van der Waals surface area contributed by atoms with E-state index in [1.165, 1.54) is 32.8 Å². The van der Waals surface area contributed by atoms with Gasteiger partial charge in [0.25, 0.3) is 0 Å². The summed E-state index contributed by atoms with van der Waals surface area (Å²) < 4.78 is 33.6. The summed E-state index contributed by atoms with van der Waals surface area (Å²) in [7, 11) is -2.10. The van der Waals surface area contributed by atoms with Crippen molar-refractivity contribution in [3.05, 3.63) is 22.7 Å². The summed E-state index contributed by atoms with van der Waals surface area (Å²) in [5, 5.41) is 0. The van der Waals surface area contributed by atoms with Gasteiger partial charge in [-0.25, -0.2) is 13.1 Å². The molecule has 1 aromatic rings. The SMILES string of the molecule is CC[C@@H]1CCCCN1CCCNS(=O)(=O)c1cc(Br)ccc1OC. The summed E-state index contributed by atoms with van der Waals surface area (Å²) >= 11 is 3.31. The minimum atomic E-state index is -3.57. The standard InChI is InChI=1S/C17H27BrN2O3S/c1-3-15-7-4-5-11-20(15)12-6-10-19-24(21,22)17-13-14(18)8-9-16(17)23-2/h8-9,13,15,19H,3-7,10-12H2,1-2H3/t15-/m1/s1. The third-order valence-electron chi connectivity index (χ3n) is 4.55. The van der Waals surface area contributed by atoms with Crippen LogP contribution in [0.3, 0.4) is 0 Å². The van der Waals surface area contributed by atoms with E-state index in [-0.39, 0.29) is 4.90 Å². The fourth-order valence-corrected chi connectivity index (χ4v) is 5.02. The Bertz CT molecular complexity index is 637. The number of sulfonamides is 1. The van der Waals surface area contributed by atoms with E-state index in [1.54, 1.807) is 18.2 Å². The number of methoxy groups -OCH3 is 1. The number of rotatable bonds is 8. The minimum Gasteiger partial charge on any atom is -0.495 e. The minimum absolute atomic E-state index is 0.170. The molecule has 5 nitrogen and oxygen atoms in total. The molecule has 1 N–H and O–H groups in total. The molecule has 1 saturated heterocycles. The van der Waals surface area contributed by atoms with Crippen molar-refractivity contribution >= 4 is 26.0 Å². The molecule has 0 spiro atoms. The number of nitrogens with zero attached hydrogens (tertiary/aromatic N) is 1. The van der Waals surface area contributed by atoms with E-state index in [2.05, 4.69) is 32.5 Å². The molecule has 0 aromatic heterocycles. The van der Waals surface area contributed by atoms with E-state index < -0.39 is 10.0 Å². The summed E-state index contributed by atoms with van der Waals surface area (Å²) in [6.07, 6.45) is 5.80. The van der Waals surface area contributed by atoms with Crippen LogP contribution in [0.15, 0.2) is 27.6 Å². The highest BCUT2D eigenvalue weighted by Crippen LogP contribution is 2.27. The molecular weight excluding hydrogens is 392 g/mol. The van der Waals surface area contributed by atoms with Crippen LogP contribution >= 0.6 is 15.9 Å². The summed E-state index contributed by atoms with van der Waals surface area (Å²) in [6.45, 7) is 4.73. The van der Waals surface area contributed by atoms with Crippen LogP contribution < -0.4 is 9.46 Å². The van der Waals surface area contributed by atoms with Crippen LogP contribution in [-0.4, -0.2) is 46.1 Å². The zero-order valence-corrected chi connectivity index (χ0v) is 16.8. The van der Waals surface area contributed by atoms with Gasteiger partial charge in [0.05, 0.1) is 7.11 Å². The molecule has 1 atom stereocenters. The van der Waals surface area contributed by atoms with E-state index in [4.69, 9.17) is 4.74 Å². The van der Waals surface area contributed by atoms with E-state index in [1.807, 2.05) is 0 Å². The topological polar surface area (TPSA) is 58.6 Å². The smallest absolute Gasteiger partial charge is 0.244 e. The normalized spacial score (nSPS) is 19.4. The molecule has 24 heavy (non-hydrogen) atoms. The van der Waals surface area contributed by atoms with Gasteiger partial charge in [-0.2, -0.15) is 0 Å². The van der Waals surface area contributed by atoms with Gasteiger partial charge < -0.3 is 9.64 Å². The third kappa shape index (κ3) is 5.18. The zero-order valence-electron chi connectivity index (χ0n) is 14.4. The number of hydrogen-bond donors (Lipinski definition) is 1. The lowest BCUT2D eigenvalue weighted by molar-refractivity contribution is 0.143. The van der Waals surface area contributed by atoms with Gasteiger partial charge in [0.2, 0.25) is 10.0 Å². The lowest BCUT2D eigenvalue weighted by Gasteiger charge is -2.35. The lowest BCUT2D eigenvalue weighted by atomic mass is 10.00. The molecule has 2 rings (SSSR count). The van der Waals surface area contributed by atoms with Crippen molar-refractivity contribution in [2.24, 2.45) is 0 Å². The highest BCUT2D eigenvalue weighted by molar-refractivity contribution is 9.10. The monoisotopic (exact) mass is 418 g/mol. The lowest BCUT2D eigenvalue weighted by Crippen LogP contribution is -2.40. The first-order valence-electron chi connectivity index (χ1n) is 8.55. The van der Waals surface area contributed by atoms with E-state index in [9.17, 15) is 8.42 Å². The third-order valence-corrected chi connectivity index (χ3v) is 6.53. The van der Waals surface area contributed by atoms with Gasteiger partial charge in [0, 0.05) is 17.1 Å². The Morgan fingerprint density at radius 3 is 2.88 bits per heavy atom. The molecule has 0 unspecified atom stereocenters. The fourth-order valence-electron chi connectivity index (χ4n) is 3.24. The van der Waals surface area contributed by atoms with Crippen LogP contribution in [0.4, 0.5) is 0 Å². The molecule has 1 aliphatic rings. The molecule has 1 heterocycles. The predicted molar refractivity (Wildman–Crippen MR) is 100 cm³/mol. The first-order valence-corrected chi connectivity index (χ1v) is 10.8. The zero-order chi connectivity index (χ0) is 17.6. The van der Waals surface area contributed by atoms with Gasteiger partial charge in [-0.3, -0.25) is 0 Å². The number of ether oxygens (including phenoxy) is 1.